The normalized spacial score (nSPS) is 12.0. The molecule has 104 valence electrons. The van der Waals surface area contributed by atoms with Crippen molar-refractivity contribution in [3.63, 3.8) is 0 Å². The summed E-state index contributed by atoms with van der Waals surface area (Å²) in [5.74, 6) is -0.522. The number of hydrogen-bond donors (Lipinski definition) is 1. The van der Waals surface area contributed by atoms with Crippen LogP contribution in [0.4, 0.5) is 4.39 Å². The van der Waals surface area contributed by atoms with E-state index in [4.69, 9.17) is 0 Å². The van der Waals surface area contributed by atoms with E-state index in [0.29, 0.717) is 11.1 Å². The maximum atomic E-state index is 13.7. The molecule has 0 aliphatic heterocycles. The topological polar surface area (TPSA) is 29.1 Å². The average molecular weight is 336 g/mol. The van der Waals surface area contributed by atoms with Crippen LogP contribution in [0.25, 0.3) is 0 Å². The zero-order valence-corrected chi connectivity index (χ0v) is 12.9. The molecule has 0 aromatic heterocycles. The van der Waals surface area contributed by atoms with Gasteiger partial charge < -0.3 is 5.32 Å². The average Bonchev–Trinajstić information content (AvgIpc) is 2.42. The van der Waals surface area contributed by atoms with E-state index in [0.717, 1.165) is 10.0 Å². The summed E-state index contributed by atoms with van der Waals surface area (Å²) in [4.78, 5) is 12.3. The van der Waals surface area contributed by atoms with E-state index in [1.165, 1.54) is 6.07 Å². The highest BCUT2D eigenvalue weighted by atomic mass is 79.9. The summed E-state index contributed by atoms with van der Waals surface area (Å²) in [6.07, 6.45) is 0. The van der Waals surface area contributed by atoms with Gasteiger partial charge in [-0.1, -0.05) is 40.2 Å². The van der Waals surface area contributed by atoms with Crippen molar-refractivity contribution in [2.24, 2.45) is 0 Å². The number of halogens is 2. The van der Waals surface area contributed by atoms with Gasteiger partial charge in [0.1, 0.15) is 5.82 Å². The van der Waals surface area contributed by atoms with Crippen LogP contribution in [0.15, 0.2) is 46.9 Å². The van der Waals surface area contributed by atoms with Crippen LogP contribution in [0.2, 0.25) is 0 Å². The Bertz CT molecular complexity index is 642. The number of amides is 1. The Kier molecular flexibility index (Phi) is 4.55. The van der Waals surface area contributed by atoms with Crippen LogP contribution in [0, 0.1) is 12.7 Å². The van der Waals surface area contributed by atoms with Gasteiger partial charge in [0.2, 0.25) is 0 Å². The van der Waals surface area contributed by atoms with Gasteiger partial charge in [0.05, 0.1) is 6.04 Å². The molecule has 0 heterocycles. The molecule has 2 aromatic rings. The summed E-state index contributed by atoms with van der Waals surface area (Å²) in [5.41, 5.74) is 1.93. The Labute approximate surface area is 126 Å². The van der Waals surface area contributed by atoms with Crippen molar-refractivity contribution < 1.29 is 9.18 Å². The van der Waals surface area contributed by atoms with Gasteiger partial charge in [-0.2, -0.15) is 0 Å². The summed E-state index contributed by atoms with van der Waals surface area (Å²) in [5, 5.41) is 2.82. The molecule has 0 aliphatic carbocycles. The van der Waals surface area contributed by atoms with Crippen LogP contribution < -0.4 is 5.32 Å². The standard InChI is InChI=1S/C16H15BrFNO/c1-10-12(7-5-8-14(10)17)16(20)19-11(2)13-6-3-4-9-15(13)18/h3-9,11H,1-2H3,(H,19,20). The summed E-state index contributed by atoms with van der Waals surface area (Å²) in [7, 11) is 0. The lowest BCUT2D eigenvalue weighted by atomic mass is 10.1. The molecule has 2 aromatic carbocycles. The van der Waals surface area contributed by atoms with Gasteiger partial charge in [-0.05, 0) is 37.6 Å². The largest absolute Gasteiger partial charge is 0.345 e. The third-order valence-electron chi connectivity index (χ3n) is 3.23. The van der Waals surface area contributed by atoms with Crippen molar-refractivity contribution in [3.05, 3.63) is 69.4 Å². The molecule has 2 rings (SSSR count). The van der Waals surface area contributed by atoms with Crippen molar-refractivity contribution in [1.82, 2.24) is 5.32 Å². The molecule has 0 saturated heterocycles. The molecule has 2 nitrogen and oxygen atoms in total. The Hall–Kier alpha value is -1.68. The predicted molar refractivity (Wildman–Crippen MR) is 81.2 cm³/mol. The molecular formula is C16H15BrFNO. The number of carbonyl (C=O) groups is 1. The van der Waals surface area contributed by atoms with E-state index in [1.807, 2.05) is 13.0 Å². The molecule has 1 unspecified atom stereocenters. The first-order valence-corrected chi connectivity index (χ1v) is 7.10. The zero-order valence-electron chi connectivity index (χ0n) is 11.3. The SMILES string of the molecule is Cc1c(Br)cccc1C(=O)NC(C)c1ccccc1F. The number of carbonyl (C=O) groups excluding carboxylic acids is 1. The lowest BCUT2D eigenvalue weighted by Crippen LogP contribution is -2.27. The van der Waals surface area contributed by atoms with Crippen LogP contribution in [0.1, 0.15) is 34.5 Å². The summed E-state index contributed by atoms with van der Waals surface area (Å²) in [6.45, 7) is 3.64. The lowest BCUT2D eigenvalue weighted by molar-refractivity contribution is 0.0938. The Balaban J connectivity index is 2.20. The van der Waals surface area contributed by atoms with Gasteiger partial charge in [0, 0.05) is 15.6 Å². The van der Waals surface area contributed by atoms with Gasteiger partial charge in [0.15, 0.2) is 0 Å². The van der Waals surface area contributed by atoms with Crippen LogP contribution in [-0.2, 0) is 0 Å². The minimum atomic E-state index is -0.387. The molecule has 1 N–H and O–H groups in total. The number of hydrogen-bond acceptors (Lipinski definition) is 1. The Morgan fingerprint density at radius 1 is 1.20 bits per heavy atom. The summed E-state index contributed by atoms with van der Waals surface area (Å²) in [6, 6.07) is 11.5. The second kappa shape index (κ2) is 6.18. The first kappa shape index (κ1) is 14.7. The highest BCUT2D eigenvalue weighted by Crippen LogP contribution is 2.21. The maximum Gasteiger partial charge on any atom is 0.252 e. The molecule has 0 radical (unpaired) electrons. The third-order valence-corrected chi connectivity index (χ3v) is 4.09. The van der Waals surface area contributed by atoms with Crippen molar-refractivity contribution in [1.29, 1.82) is 0 Å². The summed E-state index contributed by atoms with van der Waals surface area (Å²) < 4.78 is 14.6. The third kappa shape index (κ3) is 3.07. The molecule has 0 saturated carbocycles. The van der Waals surface area contributed by atoms with E-state index >= 15 is 0 Å². The van der Waals surface area contributed by atoms with E-state index in [9.17, 15) is 9.18 Å². The van der Waals surface area contributed by atoms with Gasteiger partial charge >= 0.3 is 0 Å². The molecular weight excluding hydrogens is 321 g/mol. The summed E-state index contributed by atoms with van der Waals surface area (Å²) >= 11 is 3.40. The predicted octanol–water partition coefficient (Wildman–Crippen LogP) is 4.39. The van der Waals surface area contributed by atoms with Crippen LogP contribution in [0.5, 0.6) is 0 Å². The van der Waals surface area contributed by atoms with Gasteiger partial charge in [-0.15, -0.1) is 0 Å². The highest BCUT2D eigenvalue weighted by molar-refractivity contribution is 9.10. The van der Waals surface area contributed by atoms with Gasteiger partial charge in [-0.3, -0.25) is 4.79 Å². The molecule has 0 spiro atoms. The molecule has 0 aliphatic rings. The Morgan fingerprint density at radius 2 is 1.90 bits per heavy atom. The molecule has 1 atom stereocenters. The fourth-order valence-electron chi connectivity index (χ4n) is 2.03. The van der Waals surface area contributed by atoms with E-state index in [2.05, 4.69) is 21.2 Å². The second-order valence-corrected chi connectivity index (χ2v) is 5.48. The number of benzene rings is 2. The molecule has 4 heteroatoms. The van der Waals surface area contributed by atoms with E-state index in [-0.39, 0.29) is 17.8 Å². The number of nitrogens with one attached hydrogen (secondary N) is 1. The molecule has 1 amide bonds. The molecule has 20 heavy (non-hydrogen) atoms. The molecule has 0 fully saturated rings. The monoisotopic (exact) mass is 335 g/mol. The van der Waals surface area contributed by atoms with E-state index < -0.39 is 0 Å². The van der Waals surface area contributed by atoms with Crippen molar-refractivity contribution in [3.8, 4) is 0 Å². The van der Waals surface area contributed by atoms with Crippen LogP contribution >= 0.6 is 15.9 Å². The van der Waals surface area contributed by atoms with Crippen LogP contribution in [0.3, 0.4) is 0 Å². The minimum Gasteiger partial charge on any atom is -0.345 e. The highest BCUT2D eigenvalue weighted by Gasteiger charge is 2.16. The van der Waals surface area contributed by atoms with E-state index in [1.54, 1.807) is 37.3 Å². The fourth-order valence-corrected chi connectivity index (χ4v) is 2.40. The smallest absolute Gasteiger partial charge is 0.252 e. The quantitative estimate of drug-likeness (QED) is 0.885. The zero-order chi connectivity index (χ0) is 14.7. The van der Waals surface area contributed by atoms with Crippen molar-refractivity contribution in [2.45, 2.75) is 19.9 Å². The maximum absolute atomic E-state index is 13.7. The van der Waals surface area contributed by atoms with Crippen molar-refractivity contribution >= 4 is 21.8 Å². The Morgan fingerprint density at radius 3 is 2.60 bits per heavy atom. The molecule has 0 bridgehead atoms. The van der Waals surface area contributed by atoms with Gasteiger partial charge in [-0.25, -0.2) is 4.39 Å². The first-order chi connectivity index (χ1) is 9.50. The number of rotatable bonds is 3. The van der Waals surface area contributed by atoms with Crippen molar-refractivity contribution in [2.75, 3.05) is 0 Å². The first-order valence-electron chi connectivity index (χ1n) is 6.31. The lowest BCUT2D eigenvalue weighted by Gasteiger charge is -2.16. The second-order valence-electron chi connectivity index (χ2n) is 4.63. The van der Waals surface area contributed by atoms with Crippen LogP contribution in [-0.4, -0.2) is 5.91 Å². The minimum absolute atomic E-state index is 0.209. The van der Waals surface area contributed by atoms with Gasteiger partial charge in [0.25, 0.3) is 5.91 Å². The fraction of sp³-hybridized carbons (Fsp3) is 0.188.